The van der Waals surface area contributed by atoms with Crippen molar-refractivity contribution in [3.05, 3.63) is 69.0 Å². The average Bonchev–Trinajstić information content (AvgIpc) is 2.86. The summed E-state index contributed by atoms with van der Waals surface area (Å²) in [5.74, 6) is -0.674. The Labute approximate surface area is 161 Å². The highest BCUT2D eigenvalue weighted by atomic mass is 127. The van der Waals surface area contributed by atoms with E-state index in [1.165, 1.54) is 6.92 Å². The third-order valence-electron chi connectivity index (χ3n) is 4.18. The number of ether oxygens (including phenoxy) is 2. The summed E-state index contributed by atoms with van der Waals surface area (Å²) in [6, 6.07) is 9.33. The van der Waals surface area contributed by atoms with Crippen LogP contribution in [0.15, 0.2) is 52.2 Å². The van der Waals surface area contributed by atoms with Crippen molar-refractivity contribution in [2.75, 3.05) is 4.43 Å². The van der Waals surface area contributed by atoms with E-state index in [0.717, 1.165) is 16.8 Å². The Balaban J connectivity index is 1.91. The van der Waals surface area contributed by atoms with Gasteiger partial charge in [-0.2, -0.15) is 0 Å². The highest BCUT2D eigenvalue weighted by Crippen LogP contribution is 2.43. The minimum Gasteiger partial charge on any atom is -0.452 e. The second kappa shape index (κ2) is 7.31. The van der Waals surface area contributed by atoms with E-state index in [2.05, 4.69) is 4.98 Å². The quantitative estimate of drug-likeness (QED) is 0.415. The van der Waals surface area contributed by atoms with Crippen molar-refractivity contribution in [1.29, 1.82) is 0 Å². The number of nitrogens with zero attached hydrogens (tertiary/aromatic N) is 1. The SMILES string of the molecule is C[C@@]1(F)[C@H](OC(=O)c2ccccc2)[C@@H](CI)O[C@H]1n1ccc(=O)[nH]c1=O. The zero-order valence-corrected chi connectivity index (χ0v) is 15.9. The Bertz CT molecular complexity index is 911. The first kappa shape index (κ1) is 18.8. The van der Waals surface area contributed by atoms with E-state index < -0.39 is 41.3 Å². The number of benzene rings is 1. The molecule has 0 unspecified atom stereocenters. The molecule has 1 aliphatic rings. The monoisotopic (exact) mass is 474 g/mol. The van der Waals surface area contributed by atoms with Crippen LogP contribution in [0, 0.1) is 0 Å². The van der Waals surface area contributed by atoms with Crippen LogP contribution in [0.4, 0.5) is 4.39 Å². The molecule has 2 aromatic rings. The average molecular weight is 474 g/mol. The summed E-state index contributed by atoms with van der Waals surface area (Å²) in [5, 5.41) is 0. The second-order valence-electron chi connectivity index (χ2n) is 6.04. The van der Waals surface area contributed by atoms with E-state index in [-0.39, 0.29) is 0 Å². The summed E-state index contributed by atoms with van der Waals surface area (Å²) in [5.41, 5.74) is -3.28. The molecule has 1 saturated heterocycles. The highest BCUT2D eigenvalue weighted by molar-refractivity contribution is 14.1. The summed E-state index contributed by atoms with van der Waals surface area (Å²) in [6.07, 6.45) is -2.13. The number of aromatic nitrogens is 2. The number of H-pyrrole nitrogens is 1. The molecule has 26 heavy (non-hydrogen) atoms. The molecule has 3 rings (SSSR count). The van der Waals surface area contributed by atoms with Crippen LogP contribution in [0.5, 0.6) is 0 Å². The molecular weight excluding hydrogens is 458 g/mol. The van der Waals surface area contributed by atoms with Gasteiger partial charge in [0.05, 0.1) is 5.56 Å². The first-order chi connectivity index (χ1) is 12.3. The predicted octanol–water partition coefficient (Wildman–Crippen LogP) is 1.82. The van der Waals surface area contributed by atoms with Gasteiger partial charge in [0.25, 0.3) is 5.56 Å². The largest absolute Gasteiger partial charge is 0.452 e. The lowest BCUT2D eigenvalue weighted by atomic mass is 9.98. The number of carbonyl (C=O) groups is 1. The van der Waals surface area contributed by atoms with Crippen LogP contribution in [0.2, 0.25) is 0 Å². The van der Waals surface area contributed by atoms with E-state index >= 15 is 4.39 Å². The third kappa shape index (κ3) is 3.45. The van der Waals surface area contributed by atoms with Crippen LogP contribution in [-0.4, -0.2) is 37.8 Å². The summed E-state index contributed by atoms with van der Waals surface area (Å²) in [4.78, 5) is 37.6. The molecule has 9 heteroatoms. The van der Waals surface area contributed by atoms with E-state index in [0.29, 0.717) is 9.99 Å². The topological polar surface area (TPSA) is 90.4 Å². The summed E-state index contributed by atoms with van der Waals surface area (Å²) in [6.45, 7) is 1.21. The molecule has 0 saturated carbocycles. The number of hydrogen-bond acceptors (Lipinski definition) is 5. The Kier molecular flexibility index (Phi) is 5.28. The molecule has 2 heterocycles. The minimum atomic E-state index is -2.18. The predicted molar refractivity (Wildman–Crippen MR) is 99.3 cm³/mol. The molecule has 0 spiro atoms. The zero-order chi connectivity index (χ0) is 18.9. The molecule has 1 fully saturated rings. The lowest BCUT2D eigenvalue weighted by Gasteiger charge is -2.27. The van der Waals surface area contributed by atoms with Crippen LogP contribution < -0.4 is 11.2 Å². The van der Waals surface area contributed by atoms with Gasteiger partial charge in [-0.15, -0.1) is 0 Å². The molecule has 4 atom stereocenters. The second-order valence-corrected chi connectivity index (χ2v) is 6.92. The van der Waals surface area contributed by atoms with Gasteiger partial charge < -0.3 is 9.47 Å². The number of rotatable bonds is 4. The first-order valence-corrected chi connectivity index (χ1v) is 9.35. The van der Waals surface area contributed by atoms with Crippen molar-refractivity contribution in [1.82, 2.24) is 9.55 Å². The van der Waals surface area contributed by atoms with Crippen molar-refractivity contribution in [2.24, 2.45) is 0 Å². The molecule has 0 amide bonds. The smallest absolute Gasteiger partial charge is 0.338 e. The molecular formula is C17H16FIN2O5. The van der Waals surface area contributed by atoms with Crippen LogP contribution >= 0.6 is 22.6 Å². The van der Waals surface area contributed by atoms with Gasteiger partial charge in [-0.3, -0.25) is 14.3 Å². The Morgan fingerprint density at radius 2 is 2.04 bits per heavy atom. The Morgan fingerprint density at radius 1 is 1.35 bits per heavy atom. The highest BCUT2D eigenvalue weighted by Gasteiger charge is 2.57. The number of alkyl halides is 2. The minimum absolute atomic E-state index is 0.292. The fraction of sp³-hybridized carbons (Fsp3) is 0.353. The normalized spacial score (nSPS) is 28.0. The maximum Gasteiger partial charge on any atom is 0.338 e. The molecule has 1 N–H and O–H groups in total. The molecule has 1 aliphatic heterocycles. The summed E-state index contributed by atoms with van der Waals surface area (Å²) < 4.78 is 27.9. The molecule has 1 aromatic carbocycles. The molecule has 0 aliphatic carbocycles. The van der Waals surface area contributed by atoms with Crippen LogP contribution in [0.3, 0.4) is 0 Å². The fourth-order valence-corrected chi connectivity index (χ4v) is 3.56. The van der Waals surface area contributed by atoms with Gasteiger partial charge in [-0.25, -0.2) is 14.0 Å². The summed E-state index contributed by atoms with van der Waals surface area (Å²) >= 11 is 2.00. The van der Waals surface area contributed by atoms with Gasteiger partial charge in [0.1, 0.15) is 6.10 Å². The van der Waals surface area contributed by atoms with Gasteiger partial charge in [-0.1, -0.05) is 40.8 Å². The van der Waals surface area contributed by atoms with Gasteiger partial charge in [0.15, 0.2) is 18.0 Å². The molecule has 0 bridgehead atoms. The van der Waals surface area contributed by atoms with Crippen molar-refractivity contribution in [3.63, 3.8) is 0 Å². The van der Waals surface area contributed by atoms with Gasteiger partial charge in [-0.05, 0) is 19.1 Å². The number of aromatic amines is 1. The van der Waals surface area contributed by atoms with Gasteiger partial charge >= 0.3 is 11.7 Å². The Morgan fingerprint density at radius 3 is 2.65 bits per heavy atom. The van der Waals surface area contributed by atoms with E-state index in [9.17, 15) is 14.4 Å². The van der Waals surface area contributed by atoms with Crippen molar-refractivity contribution >= 4 is 28.6 Å². The molecule has 7 nitrogen and oxygen atoms in total. The fourth-order valence-electron chi connectivity index (χ4n) is 2.89. The molecule has 1 aromatic heterocycles. The van der Waals surface area contributed by atoms with Gasteiger partial charge in [0, 0.05) is 16.7 Å². The Hall–Kier alpha value is -2.01. The van der Waals surface area contributed by atoms with Crippen molar-refractivity contribution < 1.29 is 18.7 Å². The molecule has 0 radical (unpaired) electrons. The lowest BCUT2D eigenvalue weighted by Crippen LogP contribution is -2.45. The zero-order valence-electron chi connectivity index (χ0n) is 13.7. The molecule has 138 valence electrons. The standard InChI is InChI=1S/C17H16FIN2O5/c1-17(18)13(26-14(23)10-5-3-2-4-6-10)11(9-19)25-15(17)21-8-7-12(22)20-16(21)24/h2-8,11,13,15H,9H2,1H3,(H,20,22,24)/t11-,13-,15-,17-/m1/s1. The summed E-state index contributed by atoms with van der Waals surface area (Å²) in [7, 11) is 0. The number of halogens is 2. The number of esters is 1. The van der Waals surface area contributed by atoms with E-state index in [4.69, 9.17) is 9.47 Å². The number of hydrogen-bond donors (Lipinski definition) is 1. The van der Waals surface area contributed by atoms with Crippen LogP contribution in [0.1, 0.15) is 23.5 Å². The maximum absolute atomic E-state index is 15.6. The van der Waals surface area contributed by atoms with E-state index in [1.54, 1.807) is 30.3 Å². The lowest BCUT2D eigenvalue weighted by molar-refractivity contribution is -0.0490. The van der Waals surface area contributed by atoms with Crippen molar-refractivity contribution in [2.45, 2.75) is 31.0 Å². The first-order valence-electron chi connectivity index (χ1n) is 7.82. The van der Waals surface area contributed by atoms with Crippen molar-refractivity contribution in [3.8, 4) is 0 Å². The van der Waals surface area contributed by atoms with E-state index in [1.807, 2.05) is 22.6 Å². The number of carbonyl (C=O) groups excluding carboxylic acids is 1. The maximum atomic E-state index is 15.6. The van der Waals surface area contributed by atoms with Crippen LogP contribution in [0.25, 0.3) is 0 Å². The third-order valence-corrected chi connectivity index (χ3v) is 5.05. The number of nitrogens with one attached hydrogen (secondary N) is 1. The van der Waals surface area contributed by atoms with Gasteiger partial charge in [0.2, 0.25) is 0 Å². The van der Waals surface area contributed by atoms with Crippen LogP contribution in [-0.2, 0) is 9.47 Å².